The van der Waals surface area contributed by atoms with E-state index in [2.05, 4.69) is 12.2 Å². The molecule has 0 fully saturated rings. The molecule has 0 spiro atoms. The van der Waals surface area contributed by atoms with Gasteiger partial charge in [0.1, 0.15) is 5.76 Å². The zero-order valence-corrected chi connectivity index (χ0v) is 12.1. The third-order valence-electron chi connectivity index (χ3n) is 3.40. The zero-order valence-electron chi connectivity index (χ0n) is 12.1. The molecule has 5 nitrogen and oxygen atoms in total. The summed E-state index contributed by atoms with van der Waals surface area (Å²) in [5.41, 5.74) is 1.10. The van der Waals surface area contributed by atoms with E-state index in [4.69, 9.17) is 4.42 Å². The Hall–Kier alpha value is -2.14. The molecular weight excluding hydrogens is 268 g/mol. The molecule has 5 heteroatoms. The van der Waals surface area contributed by atoms with Gasteiger partial charge in [-0.15, -0.1) is 0 Å². The maximum absolute atomic E-state index is 10.9. The average molecular weight is 288 g/mol. The molecule has 1 aromatic carbocycles. The van der Waals surface area contributed by atoms with Crippen LogP contribution in [0.25, 0.3) is 0 Å². The zero-order chi connectivity index (χ0) is 15.1. The fraction of sp³-hybridized carbons (Fsp3) is 0.375. The molecule has 0 aliphatic rings. The normalized spacial score (nSPS) is 12.2. The molecule has 2 aromatic rings. The maximum Gasteiger partial charge on any atom is 0.269 e. The average Bonchev–Trinajstić information content (AvgIpc) is 3.00. The van der Waals surface area contributed by atoms with Gasteiger partial charge >= 0.3 is 0 Å². The van der Waals surface area contributed by atoms with E-state index in [9.17, 15) is 10.1 Å². The van der Waals surface area contributed by atoms with Gasteiger partial charge in [0, 0.05) is 31.1 Å². The van der Waals surface area contributed by atoms with Crippen molar-refractivity contribution in [2.45, 2.75) is 32.2 Å². The largest absolute Gasteiger partial charge is 0.469 e. The second kappa shape index (κ2) is 7.59. The molecule has 112 valence electrons. The molecule has 0 radical (unpaired) electrons. The minimum absolute atomic E-state index is 0.130. The van der Waals surface area contributed by atoms with Crippen molar-refractivity contribution in [3.63, 3.8) is 0 Å². The summed E-state index contributed by atoms with van der Waals surface area (Å²) in [4.78, 5) is 10.5. The predicted octanol–water partition coefficient (Wildman–Crippen LogP) is 3.86. The highest BCUT2D eigenvalue weighted by Crippen LogP contribution is 2.22. The minimum Gasteiger partial charge on any atom is -0.469 e. The number of nitrogens with one attached hydrogen (secondary N) is 1. The smallest absolute Gasteiger partial charge is 0.269 e. The third kappa shape index (κ3) is 4.43. The quantitative estimate of drug-likeness (QED) is 0.591. The first-order valence-corrected chi connectivity index (χ1v) is 7.21. The van der Waals surface area contributed by atoms with Gasteiger partial charge in [-0.1, -0.05) is 25.5 Å². The van der Waals surface area contributed by atoms with Crippen molar-refractivity contribution in [3.8, 4) is 0 Å². The Morgan fingerprint density at radius 3 is 2.86 bits per heavy atom. The molecule has 2 rings (SSSR count). The van der Waals surface area contributed by atoms with Gasteiger partial charge < -0.3 is 9.73 Å². The summed E-state index contributed by atoms with van der Waals surface area (Å²) >= 11 is 0. The van der Waals surface area contributed by atoms with Gasteiger partial charge in [-0.05, 0) is 24.1 Å². The first-order chi connectivity index (χ1) is 10.2. The standard InChI is InChI=1S/C16H20N2O3/c1-2-5-16(17-10-9-15-8-4-11-21-15)13-6-3-7-14(12-13)18(19)20/h3-4,6-8,11-12,16-17H,2,5,9-10H2,1H3. The van der Waals surface area contributed by atoms with Crippen LogP contribution in [-0.2, 0) is 6.42 Å². The molecule has 21 heavy (non-hydrogen) atoms. The lowest BCUT2D eigenvalue weighted by atomic mass is 10.0. The second-order valence-corrected chi connectivity index (χ2v) is 4.98. The highest BCUT2D eigenvalue weighted by atomic mass is 16.6. The monoisotopic (exact) mass is 288 g/mol. The predicted molar refractivity (Wildman–Crippen MR) is 81.2 cm³/mol. The van der Waals surface area contributed by atoms with E-state index in [-0.39, 0.29) is 16.7 Å². The molecule has 1 N–H and O–H groups in total. The minimum atomic E-state index is -0.352. The number of furan rings is 1. The summed E-state index contributed by atoms with van der Waals surface area (Å²) in [6.45, 7) is 2.89. The topological polar surface area (TPSA) is 68.3 Å². The van der Waals surface area contributed by atoms with E-state index in [1.165, 1.54) is 6.07 Å². The van der Waals surface area contributed by atoms with Crippen LogP contribution in [0.1, 0.15) is 37.1 Å². The van der Waals surface area contributed by atoms with E-state index in [0.29, 0.717) is 0 Å². The van der Waals surface area contributed by atoms with Crippen LogP contribution in [0.2, 0.25) is 0 Å². The van der Waals surface area contributed by atoms with Crippen LogP contribution in [0.3, 0.4) is 0 Å². The number of nitro groups is 1. The van der Waals surface area contributed by atoms with E-state index < -0.39 is 0 Å². The van der Waals surface area contributed by atoms with Crippen LogP contribution in [0, 0.1) is 10.1 Å². The Balaban J connectivity index is 2.00. The molecular formula is C16H20N2O3. The molecule has 1 heterocycles. The van der Waals surface area contributed by atoms with Crippen molar-refractivity contribution in [2.24, 2.45) is 0 Å². The molecule has 0 aliphatic carbocycles. The van der Waals surface area contributed by atoms with Gasteiger partial charge in [-0.3, -0.25) is 10.1 Å². The van der Waals surface area contributed by atoms with E-state index in [1.807, 2.05) is 18.2 Å². The van der Waals surface area contributed by atoms with Crippen LogP contribution < -0.4 is 5.32 Å². The van der Waals surface area contributed by atoms with Crippen LogP contribution in [0.15, 0.2) is 47.1 Å². The first-order valence-electron chi connectivity index (χ1n) is 7.21. The van der Waals surface area contributed by atoms with Crippen molar-refractivity contribution in [1.29, 1.82) is 0 Å². The van der Waals surface area contributed by atoms with Gasteiger partial charge in [-0.2, -0.15) is 0 Å². The van der Waals surface area contributed by atoms with Crippen molar-refractivity contribution in [2.75, 3.05) is 6.54 Å². The lowest BCUT2D eigenvalue weighted by Gasteiger charge is -2.18. The number of rotatable bonds is 8. The Labute approximate surface area is 124 Å². The molecule has 0 aliphatic heterocycles. The van der Waals surface area contributed by atoms with Crippen molar-refractivity contribution in [3.05, 3.63) is 64.1 Å². The summed E-state index contributed by atoms with van der Waals surface area (Å²) in [5, 5.41) is 14.3. The Morgan fingerprint density at radius 1 is 1.33 bits per heavy atom. The highest BCUT2D eigenvalue weighted by Gasteiger charge is 2.14. The number of hydrogen-bond acceptors (Lipinski definition) is 4. The van der Waals surface area contributed by atoms with Crippen molar-refractivity contribution >= 4 is 5.69 Å². The molecule has 1 atom stereocenters. The lowest BCUT2D eigenvalue weighted by molar-refractivity contribution is -0.384. The second-order valence-electron chi connectivity index (χ2n) is 4.98. The molecule has 0 bridgehead atoms. The summed E-state index contributed by atoms with van der Waals surface area (Å²) in [7, 11) is 0. The van der Waals surface area contributed by atoms with Crippen molar-refractivity contribution < 1.29 is 9.34 Å². The number of nitrogens with zero attached hydrogens (tertiary/aromatic N) is 1. The van der Waals surface area contributed by atoms with E-state index in [1.54, 1.807) is 18.4 Å². The van der Waals surface area contributed by atoms with Crippen molar-refractivity contribution in [1.82, 2.24) is 5.32 Å². The number of hydrogen-bond donors (Lipinski definition) is 1. The Morgan fingerprint density at radius 2 is 2.19 bits per heavy atom. The fourth-order valence-corrected chi connectivity index (χ4v) is 2.35. The molecule has 1 unspecified atom stereocenters. The summed E-state index contributed by atoms with van der Waals surface area (Å²) in [5.74, 6) is 0.941. The third-order valence-corrected chi connectivity index (χ3v) is 3.40. The molecule has 0 amide bonds. The van der Waals surface area contributed by atoms with Gasteiger partial charge in [0.05, 0.1) is 11.2 Å². The van der Waals surface area contributed by atoms with E-state index in [0.717, 1.165) is 37.1 Å². The van der Waals surface area contributed by atoms with Crippen LogP contribution in [0.4, 0.5) is 5.69 Å². The Kier molecular flexibility index (Phi) is 5.51. The van der Waals surface area contributed by atoms with Gasteiger partial charge in [-0.25, -0.2) is 0 Å². The van der Waals surface area contributed by atoms with Gasteiger partial charge in [0.15, 0.2) is 0 Å². The van der Waals surface area contributed by atoms with Crippen LogP contribution in [-0.4, -0.2) is 11.5 Å². The summed E-state index contributed by atoms with van der Waals surface area (Å²) in [6, 6.07) is 10.8. The SMILES string of the molecule is CCCC(NCCc1ccco1)c1cccc([N+](=O)[O-])c1. The number of nitro benzene ring substituents is 1. The van der Waals surface area contributed by atoms with Gasteiger partial charge in [0.25, 0.3) is 5.69 Å². The van der Waals surface area contributed by atoms with Gasteiger partial charge in [0.2, 0.25) is 0 Å². The Bertz CT molecular complexity index is 567. The van der Waals surface area contributed by atoms with Crippen LogP contribution in [0.5, 0.6) is 0 Å². The summed E-state index contributed by atoms with van der Waals surface area (Å²) in [6.07, 6.45) is 4.43. The lowest BCUT2D eigenvalue weighted by Crippen LogP contribution is -2.23. The number of non-ortho nitro benzene ring substituents is 1. The summed E-state index contributed by atoms with van der Waals surface area (Å²) < 4.78 is 5.30. The molecule has 1 aromatic heterocycles. The fourth-order valence-electron chi connectivity index (χ4n) is 2.35. The molecule has 0 saturated heterocycles. The molecule has 0 saturated carbocycles. The first kappa shape index (κ1) is 15.3. The van der Waals surface area contributed by atoms with E-state index >= 15 is 0 Å². The number of benzene rings is 1. The maximum atomic E-state index is 10.9. The highest BCUT2D eigenvalue weighted by molar-refractivity contribution is 5.35. The van der Waals surface area contributed by atoms with Crippen LogP contribution >= 0.6 is 0 Å².